The van der Waals surface area contributed by atoms with Crippen molar-refractivity contribution >= 4 is 17.5 Å². The van der Waals surface area contributed by atoms with Gasteiger partial charge in [0, 0.05) is 39.0 Å². The molecule has 0 bridgehead atoms. The lowest BCUT2D eigenvalue weighted by Crippen LogP contribution is -2.46. The minimum Gasteiger partial charge on any atom is -0.491 e. The van der Waals surface area contributed by atoms with E-state index in [-0.39, 0.29) is 29.5 Å². The molecule has 2 aromatic rings. The molecule has 0 radical (unpaired) electrons. The first-order valence-corrected chi connectivity index (χ1v) is 12.1. The molecule has 0 aromatic heterocycles. The number of hydrogen-bond donors (Lipinski definition) is 1. The second kappa shape index (κ2) is 12.1. The van der Waals surface area contributed by atoms with Crippen LogP contribution in [0.5, 0.6) is 5.75 Å². The molecular weight excluding hydrogens is 449 g/mol. The lowest BCUT2D eigenvalue weighted by molar-refractivity contribution is 0.0107. The average Bonchev–Trinajstić information content (AvgIpc) is 2.84. The molecule has 0 aliphatic carbocycles. The molecule has 2 aromatic carbocycles. The van der Waals surface area contributed by atoms with Crippen molar-refractivity contribution < 1.29 is 23.5 Å². The van der Waals surface area contributed by atoms with Crippen LogP contribution in [0.25, 0.3) is 0 Å². The van der Waals surface area contributed by atoms with Crippen LogP contribution in [0.2, 0.25) is 0 Å². The van der Waals surface area contributed by atoms with E-state index >= 15 is 0 Å². The number of carbonyl (C=O) groups is 2. The molecule has 0 unspecified atom stereocenters. The average molecular weight is 486 g/mol. The molecular formula is C27H36FN3O4. The molecule has 0 saturated heterocycles. The molecule has 35 heavy (non-hydrogen) atoms. The summed E-state index contributed by atoms with van der Waals surface area (Å²) in [5.74, 6) is -0.795. The molecule has 1 aliphatic heterocycles. The van der Waals surface area contributed by atoms with Crippen LogP contribution in [-0.4, -0.2) is 74.2 Å². The molecule has 0 spiro atoms. The van der Waals surface area contributed by atoms with Crippen molar-refractivity contribution in [3.63, 3.8) is 0 Å². The van der Waals surface area contributed by atoms with Crippen LogP contribution in [0.4, 0.5) is 10.1 Å². The van der Waals surface area contributed by atoms with Crippen molar-refractivity contribution in [2.75, 3.05) is 45.7 Å². The van der Waals surface area contributed by atoms with E-state index < -0.39 is 11.7 Å². The van der Waals surface area contributed by atoms with Gasteiger partial charge in [0.15, 0.2) is 0 Å². The third-order valence-corrected chi connectivity index (χ3v) is 6.46. The number of anilines is 1. The van der Waals surface area contributed by atoms with Gasteiger partial charge in [-0.15, -0.1) is 0 Å². The van der Waals surface area contributed by atoms with Crippen LogP contribution in [0, 0.1) is 11.7 Å². The van der Waals surface area contributed by atoms with Gasteiger partial charge in [-0.2, -0.15) is 0 Å². The lowest BCUT2D eigenvalue weighted by Gasteiger charge is -2.35. The maximum Gasteiger partial charge on any atom is 0.258 e. The van der Waals surface area contributed by atoms with E-state index in [0.717, 1.165) is 19.5 Å². The number of ether oxygens (including phenoxy) is 2. The number of halogens is 1. The van der Waals surface area contributed by atoms with Crippen molar-refractivity contribution in [1.29, 1.82) is 0 Å². The van der Waals surface area contributed by atoms with Crippen LogP contribution in [0.15, 0.2) is 42.5 Å². The van der Waals surface area contributed by atoms with Crippen LogP contribution in [0.3, 0.4) is 0 Å². The predicted molar refractivity (Wildman–Crippen MR) is 135 cm³/mol. The number of rotatable bonds is 5. The third kappa shape index (κ3) is 6.58. The fourth-order valence-electron chi connectivity index (χ4n) is 4.37. The molecule has 7 nitrogen and oxygen atoms in total. The summed E-state index contributed by atoms with van der Waals surface area (Å²) in [6, 6.07) is 10.8. The van der Waals surface area contributed by atoms with E-state index in [1.165, 1.54) is 18.2 Å². The minimum absolute atomic E-state index is 0.0678. The van der Waals surface area contributed by atoms with Gasteiger partial charge in [-0.05, 0) is 56.1 Å². The largest absolute Gasteiger partial charge is 0.491 e. The Bertz CT molecular complexity index is 1030. The Labute approximate surface area is 207 Å². The minimum atomic E-state index is -0.610. The van der Waals surface area contributed by atoms with Gasteiger partial charge in [-0.25, -0.2) is 4.39 Å². The van der Waals surface area contributed by atoms with Crippen molar-refractivity contribution in [3.05, 3.63) is 59.4 Å². The fraction of sp³-hybridized carbons (Fsp3) is 0.481. The smallest absolute Gasteiger partial charge is 0.258 e. The fourth-order valence-corrected chi connectivity index (χ4v) is 4.37. The van der Waals surface area contributed by atoms with Gasteiger partial charge in [-0.3, -0.25) is 14.5 Å². The number of fused-ring (bicyclic) bond motifs is 1. The number of carbonyl (C=O) groups excluding carboxylic acids is 2. The highest BCUT2D eigenvalue weighted by Crippen LogP contribution is 2.27. The van der Waals surface area contributed by atoms with E-state index in [2.05, 4.69) is 31.0 Å². The highest BCUT2D eigenvalue weighted by Gasteiger charge is 2.28. The Morgan fingerprint density at radius 2 is 1.94 bits per heavy atom. The van der Waals surface area contributed by atoms with Crippen LogP contribution < -0.4 is 10.1 Å². The summed E-state index contributed by atoms with van der Waals surface area (Å²) in [5.41, 5.74) is 0.643. The van der Waals surface area contributed by atoms with Gasteiger partial charge >= 0.3 is 0 Å². The Balaban J connectivity index is 1.93. The molecule has 190 valence electrons. The Morgan fingerprint density at radius 3 is 2.63 bits per heavy atom. The van der Waals surface area contributed by atoms with Gasteiger partial charge < -0.3 is 19.7 Å². The molecule has 1 heterocycles. The number of methoxy groups -OCH3 is 1. The van der Waals surface area contributed by atoms with Crippen molar-refractivity contribution in [2.45, 2.75) is 39.3 Å². The highest BCUT2D eigenvalue weighted by atomic mass is 19.1. The number of amides is 2. The molecule has 1 N–H and O–H groups in total. The number of benzene rings is 2. The second-order valence-electron chi connectivity index (χ2n) is 9.24. The van der Waals surface area contributed by atoms with Crippen molar-refractivity contribution in [2.24, 2.45) is 5.92 Å². The first-order chi connectivity index (χ1) is 16.7. The Morgan fingerprint density at radius 1 is 1.20 bits per heavy atom. The maximum atomic E-state index is 14.1. The van der Waals surface area contributed by atoms with E-state index in [1.807, 2.05) is 0 Å². The second-order valence-corrected chi connectivity index (χ2v) is 9.24. The summed E-state index contributed by atoms with van der Waals surface area (Å²) in [6.07, 6.45) is 0.887. The maximum absolute atomic E-state index is 14.1. The van der Waals surface area contributed by atoms with Crippen molar-refractivity contribution in [1.82, 2.24) is 9.80 Å². The lowest BCUT2D eigenvalue weighted by atomic mass is 10.0. The van der Waals surface area contributed by atoms with E-state index in [1.54, 1.807) is 43.3 Å². The molecule has 3 atom stereocenters. The Hall–Kier alpha value is -2.97. The molecule has 0 fully saturated rings. The van der Waals surface area contributed by atoms with Gasteiger partial charge in [-0.1, -0.05) is 26.0 Å². The molecule has 2 amide bonds. The quantitative estimate of drug-likeness (QED) is 0.684. The molecule has 8 heteroatoms. The highest BCUT2D eigenvalue weighted by molar-refractivity contribution is 6.05. The molecule has 1 aliphatic rings. The van der Waals surface area contributed by atoms with Gasteiger partial charge in [0.1, 0.15) is 18.2 Å². The normalized spacial score (nSPS) is 21.9. The summed E-state index contributed by atoms with van der Waals surface area (Å²) in [4.78, 5) is 30.1. The zero-order valence-corrected chi connectivity index (χ0v) is 21.2. The third-order valence-electron chi connectivity index (χ3n) is 6.46. The standard InChI is InChI=1S/C27H36FN3O4/c1-6-13-31-15-18(2)25(34-5)16-30(4)27(33)22-14-20(11-12-24(22)35-17-19(31)3)29-26(32)21-9-7-8-10-23(21)28/h7-12,14,18-19,25H,6,13,15-17H2,1-5H3,(H,29,32)/t18-,19+,25-/m1/s1. The number of nitrogens with one attached hydrogen (secondary N) is 1. The monoisotopic (exact) mass is 485 g/mol. The van der Waals surface area contributed by atoms with Gasteiger partial charge in [0.25, 0.3) is 11.8 Å². The zero-order valence-electron chi connectivity index (χ0n) is 21.2. The van der Waals surface area contributed by atoms with Crippen LogP contribution in [-0.2, 0) is 4.74 Å². The Kier molecular flexibility index (Phi) is 9.23. The first-order valence-electron chi connectivity index (χ1n) is 12.1. The van der Waals surface area contributed by atoms with E-state index in [4.69, 9.17) is 9.47 Å². The molecule has 0 saturated carbocycles. The number of nitrogens with zero attached hydrogens (tertiary/aromatic N) is 2. The summed E-state index contributed by atoms with van der Waals surface area (Å²) >= 11 is 0. The van der Waals surface area contributed by atoms with E-state index in [9.17, 15) is 14.0 Å². The van der Waals surface area contributed by atoms with E-state index in [0.29, 0.717) is 30.2 Å². The van der Waals surface area contributed by atoms with Gasteiger partial charge in [0.2, 0.25) is 0 Å². The number of hydrogen-bond acceptors (Lipinski definition) is 5. The number of likely N-dealkylation sites (N-methyl/N-ethyl adjacent to an activating group) is 1. The predicted octanol–water partition coefficient (Wildman–Crippen LogP) is 4.29. The van der Waals surface area contributed by atoms with Gasteiger partial charge in [0.05, 0.1) is 17.2 Å². The topological polar surface area (TPSA) is 71.1 Å². The summed E-state index contributed by atoms with van der Waals surface area (Å²) in [5, 5.41) is 2.69. The zero-order chi connectivity index (χ0) is 25.5. The molecule has 3 rings (SSSR count). The van der Waals surface area contributed by atoms with Crippen molar-refractivity contribution in [3.8, 4) is 5.75 Å². The van der Waals surface area contributed by atoms with Crippen LogP contribution >= 0.6 is 0 Å². The summed E-state index contributed by atoms with van der Waals surface area (Å²) in [6.45, 7) is 9.01. The summed E-state index contributed by atoms with van der Waals surface area (Å²) in [7, 11) is 3.40. The summed E-state index contributed by atoms with van der Waals surface area (Å²) < 4.78 is 25.9. The van der Waals surface area contributed by atoms with Crippen LogP contribution in [0.1, 0.15) is 47.9 Å². The first kappa shape index (κ1) is 26.6. The SMILES string of the molecule is CCCN1C[C@@H](C)[C@H](OC)CN(C)C(=O)c2cc(NC(=O)c3ccccc3F)ccc2OC[C@@H]1C.